The summed E-state index contributed by atoms with van der Waals surface area (Å²) in [7, 11) is 0. The molecule has 0 amide bonds. The van der Waals surface area contributed by atoms with Crippen molar-refractivity contribution in [1.82, 2.24) is 15.0 Å². The van der Waals surface area contributed by atoms with Crippen molar-refractivity contribution >= 4 is 0 Å². The Morgan fingerprint density at radius 3 is 3.17 bits per heavy atom. The van der Waals surface area contributed by atoms with Crippen molar-refractivity contribution in [3.8, 4) is 0 Å². The predicted octanol–water partition coefficient (Wildman–Crippen LogP) is 1.77. The number of aromatic amines is 1. The Morgan fingerprint density at radius 2 is 2.28 bits per heavy atom. The van der Waals surface area contributed by atoms with Crippen molar-refractivity contribution < 1.29 is 4.39 Å². The highest BCUT2D eigenvalue weighted by Gasteiger charge is 2.26. The summed E-state index contributed by atoms with van der Waals surface area (Å²) in [5.74, 6) is -0.649. The third kappa shape index (κ3) is 1.81. The molecule has 5 heteroatoms. The van der Waals surface area contributed by atoms with E-state index in [9.17, 15) is 9.18 Å². The zero-order valence-corrected chi connectivity index (χ0v) is 9.69. The molecule has 1 unspecified atom stereocenters. The Labute approximate surface area is 103 Å². The van der Waals surface area contributed by atoms with E-state index in [0.29, 0.717) is 5.69 Å². The van der Waals surface area contributed by atoms with Gasteiger partial charge in [0.25, 0.3) is 0 Å². The molecule has 0 saturated carbocycles. The van der Waals surface area contributed by atoms with Crippen molar-refractivity contribution in [2.45, 2.75) is 25.2 Å². The topological polar surface area (TPSA) is 58.6 Å². The normalized spacial score (nSPS) is 18.4. The van der Waals surface area contributed by atoms with Gasteiger partial charge in [0.1, 0.15) is 0 Å². The first-order valence-electron chi connectivity index (χ1n) is 5.94. The second-order valence-corrected chi connectivity index (χ2v) is 4.44. The van der Waals surface area contributed by atoms with E-state index in [2.05, 4.69) is 15.0 Å². The maximum Gasteiger partial charge on any atom is 0.345 e. The summed E-state index contributed by atoms with van der Waals surface area (Å²) in [6.45, 7) is 0. The van der Waals surface area contributed by atoms with Gasteiger partial charge in [0.15, 0.2) is 5.82 Å². The summed E-state index contributed by atoms with van der Waals surface area (Å²) in [6.07, 6.45) is 5.39. The van der Waals surface area contributed by atoms with E-state index in [1.54, 1.807) is 6.20 Å². The number of rotatable bonds is 1. The Kier molecular flexibility index (Phi) is 2.66. The number of nitrogens with one attached hydrogen (secondary N) is 1. The highest BCUT2D eigenvalue weighted by atomic mass is 19.1. The first-order valence-corrected chi connectivity index (χ1v) is 5.94. The Balaban J connectivity index is 2.14. The van der Waals surface area contributed by atoms with Crippen molar-refractivity contribution in [1.29, 1.82) is 0 Å². The third-order valence-electron chi connectivity index (χ3n) is 3.34. The molecule has 2 aromatic rings. The molecule has 0 aliphatic heterocycles. The van der Waals surface area contributed by atoms with Crippen LogP contribution in [0.2, 0.25) is 0 Å². The first-order chi connectivity index (χ1) is 8.75. The lowest BCUT2D eigenvalue weighted by molar-refractivity contribution is 0.527. The van der Waals surface area contributed by atoms with Crippen molar-refractivity contribution in [2.24, 2.45) is 0 Å². The summed E-state index contributed by atoms with van der Waals surface area (Å²) < 4.78 is 13.8. The molecule has 1 aliphatic carbocycles. The van der Waals surface area contributed by atoms with Gasteiger partial charge >= 0.3 is 5.69 Å². The second kappa shape index (κ2) is 4.33. The lowest BCUT2D eigenvalue weighted by atomic mass is 9.84. The minimum atomic E-state index is -0.519. The molecular weight excluding hydrogens is 233 g/mol. The SMILES string of the molecule is O=c1ncc(F)c(C2CCCc3cccnc32)[nH]1. The number of hydrogen-bond donors (Lipinski definition) is 1. The van der Waals surface area contributed by atoms with E-state index >= 15 is 0 Å². The molecular formula is C13H12FN3O. The standard InChI is InChI=1S/C13H12FN3O/c14-10-7-16-13(18)17-12(10)9-5-1-3-8-4-2-6-15-11(8)9/h2,4,6-7,9H,1,3,5H2,(H,16,17,18). The van der Waals surface area contributed by atoms with E-state index in [-0.39, 0.29) is 5.92 Å². The molecule has 2 aromatic heterocycles. The van der Waals surface area contributed by atoms with Crippen LogP contribution in [-0.4, -0.2) is 15.0 Å². The highest BCUT2D eigenvalue weighted by molar-refractivity contribution is 5.32. The van der Waals surface area contributed by atoms with Crippen LogP contribution in [0.4, 0.5) is 4.39 Å². The zero-order valence-electron chi connectivity index (χ0n) is 9.69. The fourth-order valence-electron chi connectivity index (χ4n) is 2.54. The van der Waals surface area contributed by atoms with E-state index < -0.39 is 11.5 Å². The molecule has 3 rings (SSSR count). The number of hydrogen-bond acceptors (Lipinski definition) is 3. The maximum atomic E-state index is 13.8. The quantitative estimate of drug-likeness (QED) is 0.833. The predicted molar refractivity (Wildman–Crippen MR) is 63.8 cm³/mol. The largest absolute Gasteiger partial charge is 0.345 e. The van der Waals surface area contributed by atoms with Gasteiger partial charge < -0.3 is 4.98 Å². The second-order valence-electron chi connectivity index (χ2n) is 4.44. The summed E-state index contributed by atoms with van der Waals surface area (Å²) in [5, 5.41) is 0. The number of aryl methyl sites for hydroxylation is 1. The highest BCUT2D eigenvalue weighted by Crippen LogP contribution is 2.34. The van der Waals surface area contributed by atoms with Gasteiger partial charge in [-0.3, -0.25) is 4.98 Å². The van der Waals surface area contributed by atoms with Gasteiger partial charge in [0.05, 0.1) is 17.6 Å². The Morgan fingerprint density at radius 1 is 1.39 bits per heavy atom. The fourth-order valence-corrected chi connectivity index (χ4v) is 2.54. The smallest absolute Gasteiger partial charge is 0.306 e. The van der Waals surface area contributed by atoms with Crippen LogP contribution >= 0.6 is 0 Å². The molecule has 1 atom stereocenters. The molecule has 18 heavy (non-hydrogen) atoms. The minimum absolute atomic E-state index is 0.175. The molecule has 4 nitrogen and oxygen atoms in total. The van der Waals surface area contributed by atoms with Crippen molar-refractivity contribution in [3.05, 3.63) is 57.8 Å². The number of halogens is 1. The average molecular weight is 245 g/mol. The lowest BCUT2D eigenvalue weighted by Gasteiger charge is -2.24. The molecule has 0 bridgehead atoms. The summed E-state index contributed by atoms with van der Waals surface area (Å²) in [5.41, 5.74) is 1.78. The van der Waals surface area contributed by atoms with Crippen LogP contribution in [0.3, 0.4) is 0 Å². The van der Waals surface area contributed by atoms with E-state index in [0.717, 1.165) is 36.7 Å². The summed E-state index contributed by atoms with van der Waals surface area (Å²) >= 11 is 0. The molecule has 0 aromatic carbocycles. The number of fused-ring (bicyclic) bond motifs is 1. The van der Waals surface area contributed by atoms with Gasteiger partial charge in [-0.05, 0) is 30.9 Å². The van der Waals surface area contributed by atoms with Gasteiger partial charge in [-0.2, -0.15) is 4.98 Å². The molecule has 1 N–H and O–H groups in total. The molecule has 0 spiro atoms. The average Bonchev–Trinajstić information content (AvgIpc) is 2.41. The summed E-state index contributed by atoms with van der Waals surface area (Å²) in [4.78, 5) is 21.5. The van der Waals surface area contributed by atoms with Gasteiger partial charge in [-0.25, -0.2) is 9.18 Å². The van der Waals surface area contributed by atoms with E-state index in [1.165, 1.54) is 0 Å². The van der Waals surface area contributed by atoms with Crippen LogP contribution in [0.15, 0.2) is 29.3 Å². The van der Waals surface area contributed by atoms with Gasteiger partial charge in [-0.15, -0.1) is 0 Å². The molecule has 0 fully saturated rings. The van der Waals surface area contributed by atoms with Gasteiger partial charge in [-0.1, -0.05) is 6.07 Å². The van der Waals surface area contributed by atoms with E-state index in [4.69, 9.17) is 0 Å². The Hall–Kier alpha value is -2.04. The monoisotopic (exact) mass is 245 g/mol. The molecule has 0 radical (unpaired) electrons. The van der Waals surface area contributed by atoms with Crippen molar-refractivity contribution in [2.75, 3.05) is 0 Å². The van der Waals surface area contributed by atoms with Gasteiger partial charge in [0, 0.05) is 12.1 Å². The molecule has 0 saturated heterocycles. The van der Waals surface area contributed by atoms with Crippen LogP contribution in [0.25, 0.3) is 0 Å². The number of H-pyrrole nitrogens is 1. The number of aromatic nitrogens is 3. The van der Waals surface area contributed by atoms with Crippen LogP contribution in [0.1, 0.15) is 35.7 Å². The zero-order chi connectivity index (χ0) is 12.5. The molecule has 92 valence electrons. The van der Waals surface area contributed by atoms with Crippen molar-refractivity contribution in [3.63, 3.8) is 0 Å². The first kappa shape index (κ1) is 11.1. The number of nitrogens with zero attached hydrogens (tertiary/aromatic N) is 2. The van der Waals surface area contributed by atoms with Crippen LogP contribution < -0.4 is 5.69 Å². The molecule has 1 aliphatic rings. The minimum Gasteiger partial charge on any atom is -0.306 e. The maximum absolute atomic E-state index is 13.8. The lowest BCUT2D eigenvalue weighted by Crippen LogP contribution is -2.21. The van der Waals surface area contributed by atoms with Gasteiger partial charge in [0.2, 0.25) is 0 Å². The van der Waals surface area contributed by atoms with Crippen LogP contribution in [0, 0.1) is 5.82 Å². The third-order valence-corrected chi connectivity index (χ3v) is 3.34. The van der Waals surface area contributed by atoms with Crippen LogP contribution in [0.5, 0.6) is 0 Å². The summed E-state index contributed by atoms with van der Waals surface area (Å²) in [6, 6.07) is 3.89. The molecule has 2 heterocycles. The van der Waals surface area contributed by atoms with E-state index in [1.807, 2.05) is 12.1 Å². The van der Waals surface area contributed by atoms with Crippen LogP contribution in [-0.2, 0) is 6.42 Å². The fraction of sp³-hybridized carbons (Fsp3) is 0.308. The Bertz CT molecular complexity index is 638. The number of pyridine rings is 1.